The van der Waals surface area contributed by atoms with Gasteiger partial charge >= 0.3 is 12.3 Å². The number of hydrogen-bond donors (Lipinski definition) is 1. The van der Waals surface area contributed by atoms with Crippen LogP contribution in [0, 0.1) is 11.8 Å². The average Bonchev–Trinajstić information content (AvgIpc) is 2.65. The van der Waals surface area contributed by atoms with Crippen LogP contribution in [0.15, 0.2) is 42.5 Å². The minimum Gasteiger partial charge on any atom is -0.465 e. The molecule has 0 atom stereocenters. The van der Waals surface area contributed by atoms with Gasteiger partial charge in [0, 0.05) is 23.7 Å². The van der Waals surface area contributed by atoms with E-state index in [2.05, 4.69) is 26.6 Å². The molecule has 1 amide bonds. The van der Waals surface area contributed by atoms with E-state index < -0.39 is 23.6 Å². The van der Waals surface area contributed by atoms with Gasteiger partial charge in [-0.25, -0.2) is 4.79 Å². The number of rotatable bonds is 3. The summed E-state index contributed by atoms with van der Waals surface area (Å²) in [6, 6.07) is 9.86. The van der Waals surface area contributed by atoms with Crippen LogP contribution in [-0.2, 0) is 4.74 Å². The molecule has 27 heavy (non-hydrogen) atoms. The summed E-state index contributed by atoms with van der Waals surface area (Å²) in [5.41, 5.74) is 0.944. The first kappa shape index (κ1) is 19.8. The molecular weight excluding hydrogens is 363 g/mol. The molecule has 0 fully saturated rings. The molecule has 0 bridgehead atoms. The zero-order valence-corrected chi connectivity index (χ0v) is 14.3. The third kappa shape index (κ3) is 5.51. The van der Waals surface area contributed by atoms with Crippen LogP contribution in [0.1, 0.15) is 31.8 Å². The number of ether oxygens (including phenoxy) is 2. The smallest absolute Gasteiger partial charge is 0.465 e. The lowest BCUT2D eigenvalue weighted by molar-refractivity contribution is -0.274. The van der Waals surface area contributed by atoms with Gasteiger partial charge in [0.2, 0.25) is 0 Å². The minimum absolute atomic E-state index is 0.238. The summed E-state index contributed by atoms with van der Waals surface area (Å²) in [5, 5.41) is 2.49. The number of esters is 1. The Bertz CT molecular complexity index is 909. The highest BCUT2D eigenvalue weighted by atomic mass is 19.4. The van der Waals surface area contributed by atoms with Crippen molar-refractivity contribution in [2.45, 2.75) is 6.36 Å². The molecule has 0 aliphatic carbocycles. The molecule has 0 aliphatic rings. The fourth-order valence-corrected chi connectivity index (χ4v) is 2.08. The first-order chi connectivity index (χ1) is 12.7. The number of benzene rings is 2. The van der Waals surface area contributed by atoms with Crippen LogP contribution in [0.5, 0.6) is 5.75 Å². The SMILES string of the molecule is CNC(=O)c1ccc(C#Cc2ccc(OC(F)(F)F)c(C(=O)OC)c2)cc1. The Balaban J connectivity index is 2.31. The molecule has 1 N–H and O–H groups in total. The van der Waals surface area contributed by atoms with Crippen molar-refractivity contribution in [2.75, 3.05) is 14.2 Å². The van der Waals surface area contributed by atoms with Crippen LogP contribution in [0.3, 0.4) is 0 Å². The number of carbonyl (C=O) groups is 2. The average molecular weight is 377 g/mol. The van der Waals surface area contributed by atoms with Crippen LogP contribution < -0.4 is 10.1 Å². The van der Waals surface area contributed by atoms with E-state index in [0.717, 1.165) is 19.2 Å². The normalized spacial score (nSPS) is 10.4. The number of carbonyl (C=O) groups excluding carboxylic acids is 2. The molecule has 8 heteroatoms. The molecule has 2 aromatic carbocycles. The van der Waals surface area contributed by atoms with Gasteiger partial charge in [-0.15, -0.1) is 13.2 Å². The Morgan fingerprint density at radius 2 is 1.59 bits per heavy atom. The molecule has 2 aromatic rings. The van der Waals surface area contributed by atoms with Crippen molar-refractivity contribution in [3.63, 3.8) is 0 Å². The third-order valence-electron chi connectivity index (χ3n) is 3.34. The molecule has 5 nitrogen and oxygen atoms in total. The second-order valence-corrected chi connectivity index (χ2v) is 5.16. The van der Waals surface area contributed by atoms with Crippen LogP contribution in [0.25, 0.3) is 0 Å². The maximum absolute atomic E-state index is 12.4. The van der Waals surface area contributed by atoms with E-state index in [4.69, 9.17) is 0 Å². The number of methoxy groups -OCH3 is 1. The summed E-state index contributed by atoms with van der Waals surface area (Å²) < 4.78 is 45.6. The summed E-state index contributed by atoms with van der Waals surface area (Å²) in [7, 11) is 2.56. The van der Waals surface area contributed by atoms with Crippen molar-refractivity contribution in [2.24, 2.45) is 0 Å². The zero-order chi connectivity index (χ0) is 20.0. The lowest BCUT2D eigenvalue weighted by atomic mass is 10.1. The van der Waals surface area contributed by atoms with Crippen molar-refractivity contribution in [3.8, 4) is 17.6 Å². The van der Waals surface area contributed by atoms with Crippen molar-refractivity contribution in [3.05, 3.63) is 64.7 Å². The summed E-state index contributed by atoms with van der Waals surface area (Å²) >= 11 is 0. The first-order valence-electron chi connectivity index (χ1n) is 7.56. The zero-order valence-electron chi connectivity index (χ0n) is 14.3. The van der Waals surface area contributed by atoms with Gasteiger partial charge in [-0.05, 0) is 42.5 Å². The highest BCUT2D eigenvalue weighted by Gasteiger charge is 2.33. The molecule has 0 heterocycles. The topological polar surface area (TPSA) is 64.6 Å². The van der Waals surface area contributed by atoms with Crippen LogP contribution >= 0.6 is 0 Å². The van der Waals surface area contributed by atoms with E-state index in [9.17, 15) is 22.8 Å². The van der Waals surface area contributed by atoms with Crippen LogP contribution in [-0.4, -0.2) is 32.4 Å². The predicted octanol–water partition coefficient (Wildman–Crippen LogP) is 3.13. The second-order valence-electron chi connectivity index (χ2n) is 5.16. The molecule has 0 aliphatic heterocycles. The van der Waals surface area contributed by atoms with Gasteiger partial charge in [0.1, 0.15) is 11.3 Å². The van der Waals surface area contributed by atoms with E-state index >= 15 is 0 Å². The highest BCUT2D eigenvalue weighted by molar-refractivity contribution is 5.94. The largest absolute Gasteiger partial charge is 0.573 e. The number of halogens is 3. The van der Waals surface area contributed by atoms with Gasteiger partial charge in [-0.1, -0.05) is 11.8 Å². The van der Waals surface area contributed by atoms with Crippen molar-refractivity contribution < 1.29 is 32.2 Å². The minimum atomic E-state index is -4.94. The first-order valence-corrected chi connectivity index (χ1v) is 7.56. The molecule has 0 radical (unpaired) electrons. The molecule has 0 spiro atoms. The Hall–Kier alpha value is -3.47. The van der Waals surface area contributed by atoms with Gasteiger partial charge < -0.3 is 14.8 Å². The maximum atomic E-state index is 12.4. The van der Waals surface area contributed by atoms with E-state index in [1.807, 2.05) is 0 Å². The second kappa shape index (κ2) is 8.27. The summed E-state index contributed by atoms with van der Waals surface area (Å²) in [4.78, 5) is 23.2. The van der Waals surface area contributed by atoms with Crippen molar-refractivity contribution in [1.29, 1.82) is 0 Å². The molecule has 0 saturated heterocycles. The van der Waals surface area contributed by atoms with Gasteiger partial charge in [0.05, 0.1) is 7.11 Å². The fourth-order valence-electron chi connectivity index (χ4n) is 2.08. The lowest BCUT2D eigenvalue weighted by Gasteiger charge is -2.12. The molecule has 140 valence electrons. The Kier molecular flexibility index (Phi) is 6.08. The summed E-state index contributed by atoms with van der Waals surface area (Å²) in [5.74, 6) is 3.65. The van der Waals surface area contributed by atoms with Gasteiger partial charge in [0.15, 0.2) is 0 Å². The molecular formula is C19H14F3NO4. The summed E-state index contributed by atoms with van der Waals surface area (Å²) in [6.07, 6.45) is -4.94. The molecule has 2 rings (SSSR count). The number of nitrogens with one attached hydrogen (secondary N) is 1. The molecule has 0 saturated carbocycles. The summed E-state index contributed by atoms with van der Waals surface area (Å²) in [6.45, 7) is 0. The number of hydrogen-bond acceptors (Lipinski definition) is 4. The van der Waals surface area contributed by atoms with Crippen LogP contribution in [0.4, 0.5) is 13.2 Å². The van der Waals surface area contributed by atoms with E-state index in [1.54, 1.807) is 24.3 Å². The van der Waals surface area contributed by atoms with E-state index in [-0.39, 0.29) is 5.91 Å². The van der Waals surface area contributed by atoms with E-state index in [0.29, 0.717) is 16.7 Å². The fraction of sp³-hybridized carbons (Fsp3) is 0.158. The maximum Gasteiger partial charge on any atom is 0.573 e. The van der Waals surface area contributed by atoms with E-state index in [1.165, 1.54) is 13.1 Å². The lowest BCUT2D eigenvalue weighted by Crippen LogP contribution is -2.19. The number of amides is 1. The van der Waals surface area contributed by atoms with Crippen LogP contribution in [0.2, 0.25) is 0 Å². The molecule has 0 unspecified atom stereocenters. The monoisotopic (exact) mass is 377 g/mol. The standard InChI is InChI=1S/C19H14F3NO4/c1-23-17(24)14-8-5-12(6-9-14)3-4-13-7-10-16(27-19(20,21)22)15(11-13)18(25)26-2/h5-11H,1-2H3,(H,23,24). The highest BCUT2D eigenvalue weighted by Crippen LogP contribution is 2.27. The van der Waals surface area contributed by atoms with Gasteiger partial charge in [-0.2, -0.15) is 0 Å². The Morgan fingerprint density at radius 3 is 2.15 bits per heavy atom. The Morgan fingerprint density at radius 1 is 1.00 bits per heavy atom. The van der Waals surface area contributed by atoms with Gasteiger partial charge in [-0.3, -0.25) is 4.79 Å². The third-order valence-corrected chi connectivity index (χ3v) is 3.34. The van der Waals surface area contributed by atoms with Crippen molar-refractivity contribution in [1.82, 2.24) is 5.32 Å². The van der Waals surface area contributed by atoms with Crippen molar-refractivity contribution >= 4 is 11.9 Å². The predicted molar refractivity (Wildman–Crippen MR) is 90.3 cm³/mol. The molecule has 0 aromatic heterocycles. The van der Waals surface area contributed by atoms with Gasteiger partial charge in [0.25, 0.3) is 5.91 Å². The Labute approximate surface area is 153 Å². The quantitative estimate of drug-likeness (QED) is 0.659. The number of alkyl halides is 3.